The van der Waals surface area contributed by atoms with Gasteiger partial charge in [0.2, 0.25) is 0 Å². The van der Waals surface area contributed by atoms with Gasteiger partial charge >= 0.3 is 5.63 Å². The largest absolute Gasteiger partial charge is 0.497 e. The van der Waals surface area contributed by atoms with Crippen LogP contribution in [-0.2, 0) is 20.1 Å². The maximum atomic E-state index is 12.3. The molecule has 0 aliphatic heterocycles. The Bertz CT molecular complexity index is 1290. The first-order chi connectivity index (χ1) is 15.5. The maximum absolute atomic E-state index is 12.3. The number of benzene rings is 2. The molecule has 4 aromatic rings. The molecule has 0 atom stereocenters. The summed E-state index contributed by atoms with van der Waals surface area (Å²) in [7, 11) is 6.71. The van der Waals surface area contributed by atoms with E-state index in [4.69, 9.17) is 18.6 Å². The maximum Gasteiger partial charge on any atom is 0.336 e. The van der Waals surface area contributed by atoms with Crippen LogP contribution in [-0.4, -0.2) is 31.1 Å². The highest BCUT2D eigenvalue weighted by molar-refractivity contribution is 5.81. The van der Waals surface area contributed by atoms with E-state index in [-0.39, 0.29) is 0 Å². The summed E-state index contributed by atoms with van der Waals surface area (Å²) in [6.45, 7) is 1.01. The Morgan fingerprint density at radius 2 is 1.66 bits per heavy atom. The Morgan fingerprint density at radius 1 is 0.938 bits per heavy atom. The van der Waals surface area contributed by atoms with Gasteiger partial charge in [-0.1, -0.05) is 0 Å². The van der Waals surface area contributed by atoms with Crippen molar-refractivity contribution in [1.29, 1.82) is 0 Å². The minimum atomic E-state index is -0.408. The summed E-state index contributed by atoms with van der Waals surface area (Å²) in [5, 5.41) is 5.17. The zero-order chi connectivity index (χ0) is 22.7. The monoisotopic (exact) mass is 435 g/mol. The standard InChI is InChI=1S/C24H25N3O5/c1-26-15-18(12-25-26)27(13-16-5-6-19(29-2)10-22(16)31-4)14-17-9-24(28)32-23-11-20(30-3)7-8-21(17)23/h5-12,15H,13-14H2,1-4H3. The van der Waals surface area contributed by atoms with E-state index >= 15 is 0 Å². The normalized spacial score (nSPS) is 10.9. The van der Waals surface area contributed by atoms with Gasteiger partial charge in [-0.2, -0.15) is 5.10 Å². The Morgan fingerprint density at radius 3 is 2.34 bits per heavy atom. The van der Waals surface area contributed by atoms with E-state index in [0.717, 1.165) is 33.7 Å². The molecule has 0 aliphatic carbocycles. The van der Waals surface area contributed by atoms with Crippen molar-refractivity contribution in [3.63, 3.8) is 0 Å². The van der Waals surface area contributed by atoms with E-state index in [2.05, 4.69) is 10.00 Å². The smallest absolute Gasteiger partial charge is 0.336 e. The Hall–Kier alpha value is -3.94. The zero-order valence-corrected chi connectivity index (χ0v) is 18.5. The fourth-order valence-electron chi connectivity index (χ4n) is 3.67. The van der Waals surface area contributed by atoms with E-state index < -0.39 is 5.63 Å². The molecule has 8 nitrogen and oxygen atoms in total. The number of aromatic nitrogens is 2. The highest BCUT2D eigenvalue weighted by atomic mass is 16.5. The molecule has 32 heavy (non-hydrogen) atoms. The lowest BCUT2D eigenvalue weighted by atomic mass is 10.1. The van der Waals surface area contributed by atoms with Gasteiger partial charge in [-0.15, -0.1) is 0 Å². The van der Waals surface area contributed by atoms with Crippen LogP contribution in [0.2, 0.25) is 0 Å². The Labute approximate surface area is 185 Å². The van der Waals surface area contributed by atoms with Gasteiger partial charge in [0.1, 0.15) is 22.8 Å². The summed E-state index contributed by atoms with van der Waals surface area (Å²) in [6.07, 6.45) is 3.74. The minimum Gasteiger partial charge on any atom is -0.497 e. The molecule has 0 saturated carbocycles. The molecule has 0 bridgehead atoms. The number of rotatable bonds is 8. The fraction of sp³-hybridized carbons (Fsp3) is 0.250. The average molecular weight is 435 g/mol. The first kappa shape index (κ1) is 21.3. The van der Waals surface area contributed by atoms with Gasteiger partial charge in [-0.25, -0.2) is 4.79 Å². The molecule has 0 saturated heterocycles. The lowest BCUT2D eigenvalue weighted by Crippen LogP contribution is -2.23. The molecule has 2 aromatic heterocycles. The molecule has 0 aliphatic rings. The van der Waals surface area contributed by atoms with Crippen molar-refractivity contribution in [2.24, 2.45) is 7.05 Å². The molecule has 0 N–H and O–H groups in total. The topological polar surface area (TPSA) is 79.0 Å². The molecule has 0 radical (unpaired) electrons. The molecule has 2 aromatic carbocycles. The minimum absolute atomic E-state index is 0.408. The number of hydrogen-bond donors (Lipinski definition) is 0. The van der Waals surface area contributed by atoms with Gasteiger partial charge in [-0.05, 0) is 29.8 Å². The highest BCUT2D eigenvalue weighted by Crippen LogP contribution is 2.30. The van der Waals surface area contributed by atoms with Gasteiger partial charge in [0, 0.05) is 55.5 Å². The van der Waals surface area contributed by atoms with Crippen molar-refractivity contribution >= 4 is 16.7 Å². The zero-order valence-electron chi connectivity index (χ0n) is 18.5. The van der Waals surface area contributed by atoms with Gasteiger partial charge in [0.05, 0.1) is 33.2 Å². The number of hydrogen-bond acceptors (Lipinski definition) is 7. The van der Waals surface area contributed by atoms with Crippen molar-refractivity contribution in [1.82, 2.24) is 9.78 Å². The molecule has 166 valence electrons. The number of fused-ring (bicyclic) bond motifs is 1. The molecule has 0 amide bonds. The molecule has 8 heteroatoms. The molecular weight excluding hydrogens is 410 g/mol. The van der Waals surface area contributed by atoms with E-state index in [1.54, 1.807) is 38.3 Å². The van der Waals surface area contributed by atoms with Crippen LogP contribution in [0.4, 0.5) is 5.69 Å². The van der Waals surface area contributed by atoms with Crippen molar-refractivity contribution in [3.05, 3.63) is 76.4 Å². The van der Waals surface area contributed by atoms with Gasteiger partial charge in [0.25, 0.3) is 0 Å². The SMILES string of the molecule is COc1ccc(CN(Cc2cc(=O)oc3cc(OC)ccc23)c2cnn(C)c2)c(OC)c1. The quantitative estimate of drug-likeness (QED) is 0.390. The summed E-state index contributed by atoms with van der Waals surface area (Å²) in [5.41, 5.74) is 2.82. The van der Waals surface area contributed by atoms with E-state index in [9.17, 15) is 4.79 Å². The lowest BCUT2D eigenvalue weighted by Gasteiger charge is -2.25. The fourth-order valence-corrected chi connectivity index (χ4v) is 3.67. The van der Waals surface area contributed by atoms with Crippen molar-refractivity contribution in [3.8, 4) is 17.2 Å². The first-order valence-corrected chi connectivity index (χ1v) is 10.1. The van der Waals surface area contributed by atoms with Crippen LogP contribution in [0.3, 0.4) is 0 Å². The van der Waals surface area contributed by atoms with Crippen LogP contribution in [0, 0.1) is 0 Å². The third-order valence-electron chi connectivity index (χ3n) is 5.31. The van der Waals surface area contributed by atoms with Crippen LogP contribution < -0.4 is 24.7 Å². The number of aryl methyl sites for hydroxylation is 1. The lowest BCUT2D eigenvalue weighted by molar-refractivity contribution is 0.390. The third kappa shape index (κ3) is 4.39. The summed E-state index contributed by atoms with van der Waals surface area (Å²) in [4.78, 5) is 14.4. The van der Waals surface area contributed by atoms with E-state index in [1.165, 1.54) is 6.07 Å². The molecule has 0 fully saturated rings. The predicted octanol–water partition coefficient (Wildman–Crippen LogP) is 3.76. The summed E-state index contributed by atoms with van der Waals surface area (Å²) in [6, 6.07) is 12.7. The van der Waals surface area contributed by atoms with Gasteiger partial charge in [0.15, 0.2) is 0 Å². The number of nitrogens with zero attached hydrogens (tertiary/aromatic N) is 3. The first-order valence-electron chi connectivity index (χ1n) is 10.1. The average Bonchev–Trinajstić information content (AvgIpc) is 3.24. The second-order valence-corrected chi connectivity index (χ2v) is 7.36. The van der Waals surface area contributed by atoms with E-state index in [1.807, 2.05) is 43.6 Å². The second-order valence-electron chi connectivity index (χ2n) is 7.36. The molecular formula is C24H25N3O5. The molecule has 0 unspecified atom stereocenters. The number of methoxy groups -OCH3 is 3. The van der Waals surface area contributed by atoms with E-state index in [0.29, 0.717) is 24.4 Å². The van der Waals surface area contributed by atoms with Gasteiger partial charge < -0.3 is 23.5 Å². The van der Waals surface area contributed by atoms with Crippen molar-refractivity contribution < 1.29 is 18.6 Å². The number of anilines is 1. The van der Waals surface area contributed by atoms with Crippen molar-refractivity contribution in [2.75, 3.05) is 26.2 Å². The summed E-state index contributed by atoms with van der Waals surface area (Å²) in [5.74, 6) is 2.07. The molecule has 4 rings (SSSR count). The third-order valence-corrected chi connectivity index (χ3v) is 5.31. The van der Waals surface area contributed by atoms with Crippen LogP contribution in [0.25, 0.3) is 11.0 Å². The van der Waals surface area contributed by atoms with Crippen LogP contribution in [0.5, 0.6) is 17.2 Å². The Kier molecular flexibility index (Phi) is 6.02. The van der Waals surface area contributed by atoms with Gasteiger partial charge in [-0.3, -0.25) is 4.68 Å². The van der Waals surface area contributed by atoms with Crippen LogP contribution in [0.1, 0.15) is 11.1 Å². The van der Waals surface area contributed by atoms with Crippen LogP contribution in [0.15, 0.2) is 64.1 Å². The summed E-state index contributed by atoms with van der Waals surface area (Å²) >= 11 is 0. The number of ether oxygens (including phenoxy) is 3. The van der Waals surface area contributed by atoms with Crippen LogP contribution >= 0.6 is 0 Å². The molecule has 0 spiro atoms. The van der Waals surface area contributed by atoms with Crippen molar-refractivity contribution in [2.45, 2.75) is 13.1 Å². The summed E-state index contributed by atoms with van der Waals surface area (Å²) < 4.78 is 23.3. The Balaban J connectivity index is 1.75. The highest BCUT2D eigenvalue weighted by Gasteiger charge is 2.17. The molecule has 2 heterocycles. The predicted molar refractivity (Wildman–Crippen MR) is 122 cm³/mol. The second kappa shape index (κ2) is 9.05.